The van der Waals surface area contributed by atoms with E-state index >= 15 is 0 Å². The van der Waals surface area contributed by atoms with Gasteiger partial charge in [0.15, 0.2) is 0 Å². The Balaban J connectivity index is 1.39. The first kappa shape index (κ1) is 18.5. The van der Waals surface area contributed by atoms with E-state index in [4.69, 9.17) is 11.6 Å². The molecule has 2 aromatic rings. The molecule has 0 bridgehead atoms. The number of hydrogen-bond acceptors (Lipinski definition) is 4. The van der Waals surface area contributed by atoms with Crippen LogP contribution in [0.1, 0.15) is 11.1 Å². The average Bonchev–Trinajstić information content (AvgIpc) is 3.27. The Morgan fingerprint density at radius 2 is 2.19 bits per heavy atom. The Hall–Kier alpha value is -1.89. The number of nitrogens with zero attached hydrogens (tertiary/aromatic N) is 4. The molecule has 144 valence electrons. The van der Waals surface area contributed by atoms with Gasteiger partial charge in [-0.2, -0.15) is 5.10 Å². The van der Waals surface area contributed by atoms with Crippen molar-refractivity contribution in [3.05, 3.63) is 52.8 Å². The van der Waals surface area contributed by atoms with Crippen molar-refractivity contribution in [2.24, 2.45) is 18.4 Å². The summed E-state index contributed by atoms with van der Waals surface area (Å²) >= 11 is 6.03. The number of aliphatic hydroxyl groups is 1. The number of amides is 1. The van der Waals surface area contributed by atoms with E-state index in [1.54, 1.807) is 0 Å². The Bertz CT molecular complexity index is 839. The second kappa shape index (κ2) is 7.26. The van der Waals surface area contributed by atoms with Crippen molar-refractivity contribution in [3.63, 3.8) is 0 Å². The minimum atomic E-state index is -0.216. The summed E-state index contributed by atoms with van der Waals surface area (Å²) in [5.74, 6) is 0.417. The molecule has 6 nitrogen and oxygen atoms in total. The Kier molecular flexibility index (Phi) is 4.97. The van der Waals surface area contributed by atoms with Gasteiger partial charge in [-0.3, -0.25) is 14.4 Å². The topological polar surface area (TPSA) is 61.6 Å². The van der Waals surface area contributed by atoms with Crippen molar-refractivity contribution < 1.29 is 9.90 Å². The highest BCUT2D eigenvalue weighted by molar-refractivity contribution is 6.30. The maximum atomic E-state index is 12.8. The predicted octanol–water partition coefficient (Wildman–Crippen LogP) is 1.57. The zero-order valence-corrected chi connectivity index (χ0v) is 16.3. The smallest absolute Gasteiger partial charge is 0.227 e. The van der Waals surface area contributed by atoms with Gasteiger partial charge < -0.3 is 10.0 Å². The molecule has 1 N–H and O–H groups in total. The van der Waals surface area contributed by atoms with Gasteiger partial charge >= 0.3 is 0 Å². The minimum absolute atomic E-state index is 0.110. The molecule has 0 aliphatic carbocycles. The van der Waals surface area contributed by atoms with E-state index in [9.17, 15) is 9.90 Å². The molecule has 7 heteroatoms. The van der Waals surface area contributed by atoms with Gasteiger partial charge in [-0.1, -0.05) is 23.7 Å². The lowest BCUT2D eigenvalue weighted by atomic mass is 9.82. The molecule has 27 heavy (non-hydrogen) atoms. The number of benzene rings is 1. The molecule has 0 spiro atoms. The molecule has 1 aromatic heterocycles. The lowest BCUT2D eigenvalue weighted by Crippen LogP contribution is -2.39. The number of aliphatic hydroxyl groups excluding tert-OH is 1. The van der Waals surface area contributed by atoms with Crippen LogP contribution in [-0.4, -0.2) is 63.4 Å². The van der Waals surface area contributed by atoms with Gasteiger partial charge in [0.25, 0.3) is 0 Å². The zero-order valence-electron chi connectivity index (χ0n) is 15.5. The standard InChI is InChI=1S/C20H25ClN4O2/c1-23-8-16(7-22-23)9-24-10-17-11-25(13-20(17,12-24)14-26)19(27)6-15-3-2-4-18(21)5-15/h2-5,7-8,17,26H,6,9-14H2,1H3/t17-,20+/m0/s1. The summed E-state index contributed by atoms with van der Waals surface area (Å²) in [5, 5.41) is 15.0. The number of carbonyl (C=O) groups is 1. The largest absolute Gasteiger partial charge is 0.396 e. The highest BCUT2D eigenvalue weighted by Gasteiger charge is 2.52. The number of likely N-dealkylation sites (tertiary alicyclic amines) is 2. The van der Waals surface area contributed by atoms with E-state index in [0.29, 0.717) is 30.5 Å². The molecule has 0 saturated carbocycles. The highest BCUT2D eigenvalue weighted by Crippen LogP contribution is 2.42. The SMILES string of the molecule is Cn1cc(CN2C[C@H]3CN(C(=O)Cc4cccc(Cl)c4)C[C@@]3(CO)C2)cn1. The van der Waals surface area contributed by atoms with E-state index in [-0.39, 0.29) is 17.9 Å². The van der Waals surface area contributed by atoms with Crippen LogP contribution in [0.25, 0.3) is 0 Å². The van der Waals surface area contributed by atoms with Crippen molar-refractivity contribution in [2.45, 2.75) is 13.0 Å². The van der Waals surface area contributed by atoms with E-state index in [2.05, 4.69) is 10.00 Å². The molecule has 1 aromatic carbocycles. The maximum absolute atomic E-state index is 12.8. The third-order valence-electron chi connectivity index (χ3n) is 5.91. The molecular formula is C20H25ClN4O2. The van der Waals surface area contributed by atoms with E-state index in [0.717, 1.165) is 25.2 Å². The lowest BCUT2D eigenvalue weighted by molar-refractivity contribution is -0.130. The molecule has 2 saturated heterocycles. The first-order valence-electron chi connectivity index (χ1n) is 9.30. The van der Waals surface area contributed by atoms with Crippen LogP contribution in [0.15, 0.2) is 36.7 Å². The van der Waals surface area contributed by atoms with Crippen molar-refractivity contribution >= 4 is 17.5 Å². The number of aryl methyl sites for hydroxylation is 1. The fourth-order valence-electron chi connectivity index (χ4n) is 4.57. The second-order valence-corrected chi connectivity index (χ2v) is 8.43. The van der Waals surface area contributed by atoms with Crippen LogP contribution in [0.2, 0.25) is 5.02 Å². The molecule has 0 unspecified atom stereocenters. The molecule has 0 radical (unpaired) electrons. The molecule has 4 rings (SSSR count). The van der Waals surface area contributed by atoms with Crippen LogP contribution in [0, 0.1) is 11.3 Å². The fraction of sp³-hybridized carbons (Fsp3) is 0.500. The van der Waals surface area contributed by atoms with E-state index in [1.165, 1.54) is 5.56 Å². The van der Waals surface area contributed by atoms with Gasteiger partial charge in [0.2, 0.25) is 5.91 Å². The Morgan fingerprint density at radius 3 is 2.85 bits per heavy atom. The van der Waals surface area contributed by atoms with Crippen LogP contribution in [-0.2, 0) is 24.8 Å². The van der Waals surface area contributed by atoms with Crippen molar-refractivity contribution in [1.82, 2.24) is 19.6 Å². The molecule has 2 aliphatic heterocycles. The summed E-state index contributed by atoms with van der Waals surface area (Å²) in [4.78, 5) is 17.1. The molecule has 1 amide bonds. The Labute approximate surface area is 164 Å². The van der Waals surface area contributed by atoms with Crippen molar-refractivity contribution in [3.8, 4) is 0 Å². The number of hydrogen-bond donors (Lipinski definition) is 1. The fourth-order valence-corrected chi connectivity index (χ4v) is 4.78. The molecule has 3 heterocycles. The molecule has 2 fully saturated rings. The first-order chi connectivity index (χ1) is 13.0. The van der Waals surface area contributed by atoms with E-state index in [1.807, 2.05) is 53.3 Å². The van der Waals surface area contributed by atoms with Crippen molar-refractivity contribution in [1.29, 1.82) is 0 Å². The molecular weight excluding hydrogens is 364 g/mol. The summed E-state index contributed by atoms with van der Waals surface area (Å²) in [5.41, 5.74) is 1.90. The number of halogens is 1. The number of rotatable bonds is 5. The van der Waals surface area contributed by atoms with Crippen molar-refractivity contribution in [2.75, 3.05) is 32.8 Å². The van der Waals surface area contributed by atoms with Crippen LogP contribution in [0.5, 0.6) is 0 Å². The predicted molar refractivity (Wildman–Crippen MR) is 103 cm³/mol. The van der Waals surface area contributed by atoms with Crippen LogP contribution in [0.3, 0.4) is 0 Å². The summed E-state index contributed by atoms with van der Waals surface area (Å²) in [6.45, 7) is 3.99. The van der Waals surface area contributed by atoms with Gasteiger partial charge in [0.1, 0.15) is 0 Å². The van der Waals surface area contributed by atoms with Crippen LogP contribution in [0.4, 0.5) is 0 Å². The summed E-state index contributed by atoms with van der Waals surface area (Å²) in [6, 6.07) is 7.45. The average molecular weight is 389 g/mol. The second-order valence-electron chi connectivity index (χ2n) is 7.99. The van der Waals surface area contributed by atoms with Gasteiger partial charge in [-0.15, -0.1) is 0 Å². The lowest BCUT2D eigenvalue weighted by Gasteiger charge is -2.27. The molecule has 2 atom stereocenters. The summed E-state index contributed by atoms with van der Waals surface area (Å²) < 4.78 is 1.81. The van der Waals surface area contributed by atoms with E-state index < -0.39 is 0 Å². The number of aromatic nitrogens is 2. The van der Waals surface area contributed by atoms with Gasteiger partial charge in [0, 0.05) is 62.0 Å². The number of carbonyl (C=O) groups excluding carboxylic acids is 1. The normalized spacial score (nSPS) is 25.1. The third-order valence-corrected chi connectivity index (χ3v) is 6.14. The van der Waals surface area contributed by atoms with Gasteiger partial charge in [-0.05, 0) is 23.6 Å². The van der Waals surface area contributed by atoms with Gasteiger partial charge in [0.05, 0.1) is 19.2 Å². The quantitative estimate of drug-likeness (QED) is 0.844. The first-order valence-corrected chi connectivity index (χ1v) is 9.68. The zero-order chi connectivity index (χ0) is 19.0. The number of fused-ring (bicyclic) bond motifs is 1. The van der Waals surface area contributed by atoms with Gasteiger partial charge in [-0.25, -0.2) is 0 Å². The monoisotopic (exact) mass is 388 g/mol. The highest BCUT2D eigenvalue weighted by atomic mass is 35.5. The van der Waals surface area contributed by atoms with Crippen LogP contribution >= 0.6 is 11.6 Å². The van der Waals surface area contributed by atoms with Crippen LogP contribution < -0.4 is 0 Å². The molecule has 2 aliphatic rings. The Morgan fingerprint density at radius 1 is 1.33 bits per heavy atom. The minimum Gasteiger partial charge on any atom is -0.396 e. The maximum Gasteiger partial charge on any atom is 0.227 e. The summed E-state index contributed by atoms with van der Waals surface area (Å²) in [7, 11) is 1.92. The third kappa shape index (κ3) is 3.74. The summed E-state index contributed by atoms with van der Waals surface area (Å²) in [6.07, 6.45) is 4.27.